The summed E-state index contributed by atoms with van der Waals surface area (Å²) in [5.41, 5.74) is 4.34. The summed E-state index contributed by atoms with van der Waals surface area (Å²) in [4.78, 5) is 87.8. The first-order valence-electron chi connectivity index (χ1n) is 16.5. The number of nitrogens with zero attached hydrogens (tertiary/aromatic N) is 4. The molecule has 2 amide bonds. The summed E-state index contributed by atoms with van der Waals surface area (Å²) in [6.07, 6.45) is -7.10. The van der Waals surface area contributed by atoms with E-state index < -0.39 is 95.4 Å². The Kier molecular flexibility index (Phi) is 15.6. The summed E-state index contributed by atoms with van der Waals surface area (Å²) in [6, 6.07) is 3.57. The number of aliphatic hydroxyl groups is 2. The lowest BCUT2D eigenvalue weighted by atomic mass is 9.87. The van der Waals surface area contributed by atoms with Crippen molar-refractivity contribution < 1.29 is 90.7 Å². The molecular weight excluding hydrogens is 863 g/mol. The number of aliphatic hydroxyl groups excluding tert-OH is 2. The standard InChI is InChI=1S/C28H40N7O19P3S/c1-28(2,22(40)25(41)31-6-5-18(38)30-7-8-58-27(42)14-3-4-15(36)16(37)9-14)11-51-57(48,49)54-56(46,47)50-10-17-21(53-55(43,44)45)20(39)26(52-17)35-13-34-19-23(29)32-12-33-24(19)35/h3-4,9,12-13,17,20-22,26,36-37,39-40H,5-8,10-11H2,1-2H3,(H,30,38)(H,31,41)(H,46,47)(H,48,49)(H2,29,32,33)(H2,43,44,45). The van der Waals surface area contributed by atoms with Gasteiger partial charge in [-0.05, 0) is 18.2 Å². The number of amides is 2. The fraction of sp³-hybridized carbons (Fsp3) is 0.500. The van der Waals surface area contributed by atoms with Gasteiger partial charge in [-0.1, -0.05) is 25.6 Å². The minimum atomic E-state index is -5.59. The van der Waals surface area contributed by atoms with Crippen LogP contribution in [0.4, 0.5) is 5.82 Å². The zero-order valence-electron chi connectivity index (χ0n) is 30.2. The Morgan fingerprint density at radius 2 is 1.71 bits per heavy atom. The van der Waals surface area contributed by atoms with Gasteiger partial charge in [0.25, 0.3) is 0 Å². The van der Waals surface area contributed by atoms with Gasteiger partial charge in [-0.15, -0.1) is 0 Å². The molecule has 12 N–H and O–H groups in total. The first kappa shape index (κ1) is 47.1. The second-order valence-electron chi connectivity index (χ2n) is 12.9. The molecule has 322 valence electrons. The van der Waals surface area contributed by atoms with Crippen molar-refractivity contribution in [2.24, 2.45) is 5.41 Å². The Morgan fingerprint density at radius 3 is 2.38 bits per heavy atom. The van der Waals surface area contributed by atoms with Gasteiger partial charge in [0.2, 0.25) is 16.9 Å². The predicted molar refractivity (Wildman–Crippen MR) is 196 cm³/mol. The van der Waals surface area contributed by atoms with Crippen LogP contribution in [0.2, 0.25) is 0 Å². The highest BCUT2D eigenvalue weighted by Crippen LogP contribution is 2.61. The number of hydrogen-bond donors (Lipinski definition) is 11. The van der Waals surface area contributed by atoms with E-state index in [9.17, 15) is 68.1 Å². The average molecular weight is 904 g/mol. The number of benzene rings is 1. The number of phenols is 2. The molecule has 1 aliphatic heterocycles. The number of phosphoric acid groups is 3. The molecule has 1 fully saturated rings. The number of nitrogens with two attached hydrogens (primary N) is 1. The van der Waals surface area contributed by atoms with E-state index in [1.54, 1.807) is 0 Å². The maximum Gasteiger partial charge on any atom is 0.481 e. The number of hydrogen-bond acceptors (Lipinski definition) is 20. The van der Waals surface area contributed by atoms with E-state index in [1.165, 1.54) is 19.9 Å². The van der Waals surface area contributed by atoms with Crippen LogP contribution >= 0.6 is 35.2 Å². The molecule has 58 heavy (non-hydrogen) atoms. The van der Waals surface area contributed by atoms with E-state index in [1.807, 2.05) is 0 Å². The van der Waals surface area contributed by atoms with Crippen LogP contribution in [0.3, 0.4) is 0 Å². The second kappa shape index (κ2) is 19.2. The summed E-state index contributed by atoms with van der Waals surface area (Å²) in [5, 5.41) is 44.7. The second-order valence-corrected chi connectivity index (χ2v) is 18.2. The molecule has 1 saturated heterocycles. The third kappa shape index (κ3) is 12.9. The van der Waals surface area contributed by atoms with Crippen LogP contribution in [0.1, 0.15) is 36.9 Å². The molecule has 0 radical (unpaired) electrons. The molecule has 2 aromatic heterocycles. The van der Waals surface area contributed by atoms with Crippen molar-refractivity contribution in [3.05, 3.63) is 36.4 Å². The lowest BCUT2D eigenvalue weighted by Crippen LogP contribution is -2.46. The number of aromatic hydroxyl groups is 2. The number of aromatic nitrogens is 4. The van der Waals surface area contributed by atoms with Gasteiger partial charge in [-0.2, -0.15) is 4.31 Å². The molecule has 26 nitrogen and oxygen atoms in total. The monoisotopic (exact) mass is 903 g/mol. The van der Waals surface area contributed by atoms with E-state index in [2.05, 4.69) is 34.4 Å². The van der Waals surface area contributed by atoms with Crippen LogP contribution in [-0.4, -0.2) is 133 Å². The number of phenolic OH excluding ortho intramolecular Hbond substituents is 2. The Morgan fingerprint density at radius 1 is 1.02 bits per heavy atom. The normalized spacial score (nSPS) is 21.2. The Labute approximate surface area is 331 Å². The molecule has 30 heteroatoms. The summed E-state index contributed by atoms with van der Waals surface area (Å²) >= 11 is 0.845. The van der Waals surface area contributed by atoms with Crippen LogP contribution in [0.5, 0.6) is 11.5 Å². The highest BCUT2D eigenvalue weighted by molar-refractivity contribution is 8.14. The van der Waals surface area contributed by atoms with Crippen molar-refractivity contribution in [2.75, 3.05) is 37.8 Å². The Hall–Kier alpha value is -3.62. The largest absolute Gasteiger partial charge is 0.504 e. The number of rotatable bonds is 20. The van der Waals surface area contributed by atoms with E-state index in [0.717, 1.165) is 41.1 Å². The molecule has 1 aliphatic rings. The maximum absolute atomic E-state index is 12.7. The summed E-state index contributed by atoms with van der Waals surface area (Å²) in [7, 11) is -16.5. The van der Waals surface area contributed by atoms with Gasteiger partial charge < -0.3 is 61.1 Å². The topological polar surface area (TPSA) is 404 Å². The van der Waals surface area contributed by atoms with E-state index in [-0.39, 0.29) is 53.6 Å². The molecular formula is C28H40N7O19P3S. The van der Waals surface area contributed by atoms with Gasteiger partial charge in [0.1, 0.15) is 36.3 Å². The molecule has 1 aromatic carbocycles. The molecule has 7 unspecified atom stereocenters. The van der Waals surface area contributed by atoms with Crippen molar-refractivity contribution in [3.63, 3.8) is 0 Å². The van der Waals surface area contributed by atoms with Crippen LogP contribution in [-0.2, 0) is 45.9 Å². The quantitative estimate of drug-likeness (QED) is 0.0383. The van der Waals surface area contributed by atoms with Crippen LogP contribution in [0, 0.1) is 5.41 Å². The third-order valence-corrected chi connectivity index (χ3v) is 12.0. The number of carbonyl (C=O) groups is 3. The minimum absolute atomic E-state index is 0.0194. The van der Waals surface area contributed by atoms with Crippen LogP contribution in [0.25, 0.3) is 11.2 Å². The maximum atomic E-state index is 12.7. The van der Waals surface area contributed by atoms with Crippen molar-refractivity contribution >= 4 is 69.1 Å². The average Bonchev–Trinajstić information content (AvgIpc) is 3.69. The van der Waals surface area contributed by atoms with E-state index >= 15 is 0 Å². The number of phosphoric ester groups is 3. The van der Waals surface area contributed by atoms with Gasteiger partial charge in [0.15, 0.2) is 29.2 Å². The fourth-order valence-corrected chi connectivity index (χ4v) is 8.52. The summed E-state index contributed by atoms with van der Waals surface area (Å²) in [6.45, 7) is 0.192. The SMILES string of the molecule is CC(C)(COP(=O)(O)OP(=O)(O)OCC1OC(n2cnc3c(N)ncnc32)C(O)C1OP(=O)(O)O)C(O)C(=O)NCCC(=O)NCCSC(=O)c1ccc(O)c(O)c1. The number of nitrogen functional groups attached to an aromatic ring is 1. The lowest BCUT2D eigenvalue weighted by molar-refractivity contribution is -0.137. The number of anilines is 1. The molecule has 3 heterocycles. The zero-order valence-corrected chi connectivity index (χ0v) is 33.7. The zero-order chi connectivity index (χ0) is 43.2. The van der Waals surface area contributed by atoms with Gasteiger partial charge in [0.05, 0.1) is 19.5 Å². The number of carbonyl (C=O) groups excluding carboxylic acids is 3. The minimum Gasteiger partial charge on any atom is -0.504 e. The fourth-order valence-electron chi connectivity index (χ4n) is 5.01. The predicted octanol–water partition coefficient (Wildman–Crippen LogP) is -0.610. The number of thioether (sulfide) groups is 1. The van der Waals surface area contributed by atoms with Crippen LogP contribution < -0.4 is 16.4 Å². The number of fused-ring (bicyclic) bond motifs is 1. The molecule has 3 aromatic rings. The van der Waals surface area contributed by atoms with Crippen molar-refractivity contribution in [1.82, 2.24) is 30.2 Å². The number of nitrogens with one attached hydrogen (secondary N) is 2. The third-order valence-electron chi connectivity index (χ3n) is 7.95. The number of ether oxygens (including phenoxy) is 1. The highest BCUT2D eigenvalue weighted by atomic mass is 32.2. The van der Waals surface area contributed by atoms with E-state index in [4.69, 9.17) is 19.5 Å². The Balaban J connectivity index is 1.22. The summed E-state index contributed by atoms with van der Waals surface area (Å²) < 4.78 is 62.0. The van der Waals surface area contributed by atoms with Crippen molar-refractivity contribution in [3.8, 4) is 11.5 Å². The van der Waals surface area contributed by atoms with Crippen LogP contribution in [0.15, 0.2) is 30.9 Å². The smallest absolute Gasteiger partial charge is 0.481 e. The highest BCUT2D eigenvalue weighted by Gasteiger charge is 2.50. The first-order chi connectivity index (χ1) is 26.9. The van der Waals surface area contributed by atoms with Crippen molar-refractivity contribution in [2.45, 2.75) is 50.9 Å². The summed E-state index contributed by atoms with van der Waals surface area (Å²) in [5.74, 6) is -2.28. The number of imidazole rings is 1. The van der Waals surface area contributed by atoms with E-state index in [0.29, 0.717) is 0 Å². The molecule has 7 atom stereocenters. The van der Waals surface area contributed by atoms with Crippen molar-refractivity contribution in [1.29, 1.82) is 0 Å². The van der Waals surface area contributed by atoms with Gasteiger partial charge in [-0.3, -0.25) is 32.5 Å². The molecule has 4 rings (SSSR count). The molecule has 0 bridgehead atoms. The lowest BCUT2D eigenvalue weighted by Gasteiger charge is -2.30. The molecule has 0 spiro atoms. The molecule has 0 aliphatic carbocycles. The van der Waals surface area contributed by atoms with Gasteiger partial charge >= 0.3 is 23.5 Å². The molecule has 0 saturated carbocycles. The Bertz CT molecular complexity index is 2120. The van der Waals surface area contributed by atoms with Gasteiger partial charge in [-0.25, -0.2) is 28.6 Å². The first-order valence-corrected chi connectivity index (χ1v) is 22.0. The van der Waals surface area contributed by atoms with Gasteiger partial charge in [0, 0.05) is 36.2 Å².